The number of thiophene rings is 1. The molecule has 2 unspecified atom stereocenters. The first-order valence-electron chi connectivity index (χ1n) is 10.2. The van der Waals surface area contributed by atoms with Crippen molar-refractivity contribution in [3.8, 4) is 0 Å². The summed E-state index contributed by atoms with van der Waals surface area (Å²) in [6.07, 6.45) is 1.62. The van der Waals surface area contributed by atoms with E-state index >= 15 is 0 Å². The summed E-state index contributed by atoms with van der Waals surface area (Å²) in [5, 5.41) is 28.6. The van der Waals surface area contributed by atoms with Gasteiger partial charge in [-0.2, -0.15) is 11.3 Å². The number of aromatic nitrogens is 3. The number of morpholine rings is 1. The van der Waals surface area contributed by atoms with Gasteiger partial charge in [0.25, 0.3) is 0 Å². The summed E-state index contributed by atoms with van der Waals surface area (Å²) in [5.74, 6) is 1.06. The molecule has 1 aromatic carbocycles. The van der Waals surface area contributed by atoms with Crippen molar-refractivity contribution in [3.05, 3.63) is 40.6 Å². The number of hydrogen-bond donors (Lipinski definition) is 1. The molecule has 0 bridgehead atoms. The fourth-order valence-corrected chi connectivity index (χ4v) is 5.08. The van der Waals surface area contributed by atoms with Gasteiger partial charge in [0.05, 0.1) is 19.3 Å². The van der Waals surface area contributed by atoms with Gasteiger partial charge in [0.15, 0.2) is 5.82 Å². The molecule has 0 saturated carbocycles. The predicted octanol–water partition coefficient (Wildman–Crippen LogP) is 2.87. The molecule has 2 saturated heterocycles. The van der Waals surface area contributed by atoms with Crippen molar-refractivity contribution in [2.24, 2.45) is 5.92 Å². The maximum atomic E-state index is 10.8. The number of hydrogen-bond acceptors (Lipinski definition) is 8. The third-order valence-corrected chi connectivity index (χ3v) is 6.68. The van der Waals surface area contributed by atoms with E-state index in [4.69, 9.17) is 4.74 Å². The van der Waals surface area contributed by atoms with Gasteiger partial charge in [0.2, 0.25) is 0 Å². The van der Waals surface area contributed by atoms with Crippen molar-refractivity contribution < 1.29 is 9.84 Å². The molecule has 2 atom stereocenters. The first-order valence-corrected chi connectivity index (χ1v) is 11.1. The molecule has 4 heterocycles. The van der Waals surface area contributed by atoms with Crippen molar-refractivity contribution in [1.29, 1.82) is 0 Å². The summed E-state index contributed by atoms with van der Waals surface area (Å²) >= 11 is 1.63. The van der Waals surface area contributed by atoms with E-state index in [1.165, 1.54) is 0 Å². The van der Waals surface area contributed by atoms with Crippen LogP contribution in [0.15, 0.2) is 35.0 Å². The normalized spacial score (nSPS) is 21.5. The van der Waals surface area contributed by atoms with E-state index in [0.29, 0.717) is 0 Å². The minimum absolute atomic E-state index is 0.191. The summed E-state index contributed by atoms with van der Waals surface area (Å²) in [6.45, 7) is 5.00. The van der Waals surface area contributed by atoms with Crippen LogP contribution in [-0.2, 0) is 4.74 Å². The van der Waals surface area contributed by atoms with Gasteiger partial charge >= 0.3 is 0 Å². The van der Waals surface area contributed by atoms with Crippen LogP contribution < -0.4 is 9.80 Å². The van der Waals surface area contributed by atoms with E-state index in [9.17, 15) is 5.11 Å². The lowest BCUT2D eigenvalue weighted by molar-refractivity contribution is 0.0984. The topological polar surface area (TPSA) is 74.6 Å². The molecule has 8 heteroatoms. The number of anilines is 2. The molecule has 0 amide bonds. The van der Waals surface area contributed by atoms with Gasteiger partial charge in [0, 0.05) is 43.2 Å². The molecule has 0 aliphatic carbocycles. The van der Waals surface area contributed by atoms with Crippen molar-refractivity contribution in [2.75, 3.05) is 49.2 Å². The molecule has 5 rings (SSSR count). The van der Waals surface area contributed by atoms with E-state index in [0.717, 1.165) is 80.2 Å². The van der Waals surface area contributed by atoms with E-state index in [1.54, 1.807) is 11.3 Å². The molecule has 2 aliphatic heterocycles. The molecule has 2 aromatic heterocycles. The third kappa shape index (κ3) is 3.80. The Morgan fingerprint density at radius 1 is 1.10 bits per heavy atom. The largest absolute Gasteiger partial charge is 0.388 e. The van der Waals surface area contributed by atoms with Crippen molar-refractivity contribution >= 4 is 33.7 Å². The molecular weight excluding hydrogens is 386 g/mol. The molecule has 1 N–H and O–H groups in total. The van der Waals surface area contributed by atoms with Crippen LogP contribution in [0.3, 0.4) is 0 Å². The van der Waals surface area contributed by atoms with Crippen molar-refractivity contribution in [2.45, 2.75) is 18.9 Å². The summed E-state index contributed by atoms with van der Waals surface area (Å²) in [5.41, 5.74) is 3.03. The number of ether oxygens (including phenoxy) is 1. The second-order valence-electron chi connectivity index (χ2n) is 7.76. The average molecular weight is 412 g/mol. The highest BCUT2D eigenvalue weighted by molar-refractivity contribution is 7.07. The molecule has 7 nitrogen and oxygen atoms in total. The first kappa shape index (κ1) is 18.7. The highest BCUT2D eigenvalue weighted by atomic mass is 32.1. The number of aliphatic hydroxyl groups excluding tert-OH is 1. The molecule has 2 aliphatic rings. The maximum Gasteiger partial charge on any atom is 0.162 e. The Kier molecular flexibility index (Phi) is 5.30. The molecule has 29 heavy (non-hydrogen) atoms. The van der Waals surface area contributed by atoms with E-state index in [-0.39, 0.29) is 5.92 Å². The van der Waals surface area contributed by atoms with E-state index < -0.39 is 6.10 Å². The number of benzene rings is 1. The van der Waals surface area contributed by atoms with Crippen LogP contribution in [0.1, 0.15) is 24.5 Å². The number of rotatable bonds is 4. The highest BCUT2D eigenvalue weighted by Gasteiger charge is 2.29. The van der Waals surface area contributed by atoms with Crippen LogP contribution in [0.2, 0.25) is 0 Å². The second-order valence-corrected chi connectivity index (χ2v) is 8.54. The van der Waals surface area contributed by atoms with Crippen LogP contribution in [0.25, 0.3) is 10.9 Å². The lowest BCUT2D eigenvalue weighted by Crippen LogP contribution is -2.38. The Bertz CT molecular complexity index is 961. The number of piperidine rings is 1. The minimum atomic E-state index is -0.432. The molecular formula is C21H25N5O2S. The first-order chi connectivity index (χ1) is 14.3. The van der Waals surface area contributed by atoms with Gasteiger partial charge in [0.1, 0.15) is 5.52 Å². The van der Waals surface area contributed by atoms with Gasteiger partial charge < -0.3 is 19.6 Å². The standard InChI is InChI=1S/C21H25N5O2S/c27-20(16-5-11-29-14-16)15-2-1-6-26(13-15)21-18-4-3-17(12-19(18)22-24-23-21)25-7-9-28-10-8-25/h3-5,11-12,14-15,20,27H,1-2,6-10,13H2. The zero-order valence-corrected chi connectivity index (χ0v) is 17.1. The average Bonchev–Trinajstić information content (AvgIpc) is 3.33. The van der Waals surface area contributed by atoms with Gasteiger partial charge in [-0.3, -0.25) is 0 Å². The lowest BCUT2D eigenvalue weighted by Gasteiger charge is -2.36. The zero-order valence-electron chi connectivity index (χ0n) is 16.3. The second kappa shape index (κ2) is 8.22. The maximum absolute atomic E-state index is 10.8. The van der Waals surface area contributed by atoms with Crippen LogP contribution in [0, 0.1) is 5.92 Å². The lowest BCUT2D eigenvalue weighted by atomic mass is 9.89. The van der Waals surface area contributed by atoms with Crippen molar-refractivity contribution in [3.63, 3.8) is 0 Å². The summed E-state index contributed by atoms with van der Waals surface area (Å²) in [6, 6.07) is 8.36. The summed E-state index contributed by atoms with van der Waals surface area (Å²) < 4.78 is 5.46. The minimum Gasteiger partial charge on any atom is -0.388 e. The highest BCUT2D eigenvalue weighted by Crippen LogP contribution is 2.34. The fourth-order valence-electron chi connectivity index (χ4n) is 4.39. The van der Waals surface area contributed by atoms with Gasteiger partial charge in [-0.05, 0) is 58.6 Å². The zero-order chi connectivity index (χ0) is 19.6. The van der Waals surface area contributed by atoms with Crippen LogP contribution in [-0.4, -0.2) is 59.9 Å². The van der Waals surface area contributed by atoms with Crippen LogP contribution in [0.5, 0.6) is 0 Å². The molecule has 3 aromatic rings. The summed E-state index contributed by atoms with van der Waals surface area (Å²) in [4.78, 5) is 4.58. The third-order valence-electron chi connectivity index (χ3n) is 5.98. The molecule has 0 spiro atoms. The monoisotopic (exact) mass is 411 g/mol. The van der Waals surface area contributed by atoms with Crippen molar-refractivity contribution in [1.82, 2.24) is 15.4 Å². The quantitative estimate of drug-likeness (QED) is 0.707. The Morgan fingerprint density at radius 2 is 2.00 bits per heavy atom. The smallest absolute Gasteiger partial charge is 0.162 e. The Balaban J connectivity index is 1.40. The Labute approximate surface area is 173 Å². The van der Waals surface area contributed by atoms with Gasteiger partial charge in [-0.1, -0.05) is 0 Å². The van der Waals surface area contributed by atoms with Gasteiger partial charge in [-0.25, -0.2) is 0 Å². The van der Waals surface area contributed by atoms with Crippen LogP contribution >= 0.6 is 11.3 Å². The molecule has 152 valence electrons. The Hall–Kier alpha value is -2.29. The number of fused-ring (bicyclic) bond motifs is 1. The van der Waals surface area contributed by atoms with Crippen LogP contribution in [0.4, 0.5) is 11.5 Å². The predicted molar refractivity (Wildman–Crippen MR) is 115 cm³/mol. The molecule has 0 radical (unpaired) electrons. The van der Waals surface area contributed by atoms with Gasteiger partial charge in [-0.15, -0.1) is 10.2 Å². The fraction of sp³-hybridized carbons (Fsp3) is 0.476. The number of aliphatic hydroxyl groups is 1. The Morgan fingerprint density at radius 3 is 2.83 bits per heavy atom. The summed E-state index contributed by atoms with van der Waals surface area (Å²) in [7, 11) is 0. The van der Waals surface area contributed by atoms with E-state index in [1.807, 2.05) is 16.8 Å². The molecule has 2 fully saturated rings. The number of nitrogens with zero attached hydrogens (tertiary/aromatic N) is 5. The SMILES string of the molecule is OC(c1ccsc1)C1CCCN(c2nnnc3cc(N4CCOCC4)ccc23)C1. The van der Waals surface area contributed by atoms with E-state index in [2.05, 4.69) is 43.4 Å².